The average Bonchev–Trinajstić information content (AvgIpc) is 3.32. The molecule has 0 radical (unpaired) electrons. The van der Waals surface area contributed by atoms with E-state index in [1.165, 1.54) is 11.3 Å². The van der Waals surface area contributed by atoms with Crippen LogP contribution < -0.4 is 0 Å². The van der Waals surface area contributed by atoms with E-state index in [9.17, 15) is 4.79 Å². The van der Waals surface area contributed by atoms with Gasteiger partial charge in [0.25, 0.3) is 11.8 Å². The summed E-state index contributed by atoms with van der Waals surface area (Å²) in [6, 6.07) is 14.8. The number of nitrogens with zero attached hydrogens (tertiary/aromatic N) is 3. The number of carbonyl (C=O) groups excluding carboxylic acids is 1. The normalized spacial score (nSPS) is 12.2. The van der Waals surface area contributed by atoms with Crippen molar-refractivity contribution >= 4 is 28.2 Å². The van der Waals surface area contributed by atoms with Gasteiger partial charge in [-0.25, -0.2) is 9.78 Å². The van der Waals surface area contributed by atoms with Crippen molar-refractivity contribution in [1.29, 1.82) is 0 Å². The first-order chi connectivity index (χ1) is 12.2. The Labute approximate surface area is 147 Å². The maximum atomic E-state index is 12.3. The van der Waals surface area contributed by atoms with Gasteiger partial charge in [0.05, 0.1) is 10.4 Å². The van der Waals surface area contributed by atoms with Gasteiger partial charge < -0.3 is 9.15 Å². The molecule has 0 saturated carbocycles. The van der Waals surface area contributed by atoms with Gasteiger partial charge in [0.2, 0.25) is 0 Å². The molecule has 0 aliphatic carbocycles. The lowest BCUT2D eigenvalue weighted by Gasteiger charge is -2.09. The lowest BCUT2D eigenvalue weighted by molar-refractivity contribution is 0.0273. The van der Waals surface area contributed by atoms with E-state index < -0.39 is 12.1 Å². The van der Waals surface area contributed by atoms with E-state index in [0.29, 0.717) is 5.89 Å². The van der Waals surface area contributed by atoms with Crippen LogP contribution in [0.1, 0.15) is 29.4 Å². The molecule has 1 atom stereocenters. The van der Waals surface area contributed by atoms with Crippen molar-refractivity contribution in [3.8, 4) is 10.8 Å². The minimum atomic E-state index is -0.665. The maximum absolute atomic E-state index is 12.3. The van der Waals surface area contributed by atoms with E-state index in [1.54, 1.807) is 13.0 Å². The molecular formula is C18H13N3O3S. The van der Waals surface area contributed by atoms with Crippen LogP contribution in [-0.4, -0.2) is 21.2 Å². The number of benzene rings is 1. The molecule has 7 heteroatoms. The molecule has 3 aromatic heterocycles. The first-order valence-corrected chi connectivity index (χ1v) is 8.53. The fourth-order valence-electron chi connectivity index (χ4n) is 2.35. The van der Waals surface area contributed by atoms with Crippen molar-refractivity contribution in [2.24, 2.45) is 0 Å². The largest absolute Gasteiger partial charge is 0.448 e. The Morgan fingerprint density at radius 2 is 2.00 bits per heavy atom. The van der Waals surface area contributed by atoms with E-state index in [1.807, 2.05) is 47.8 Å². The summed E-state index contributed by atoms with van der Waals surface area (Å²) in [6.45, 7) is 1.69. The fourth-order valence-corrected chi connectivity index (χ4v) is 2.99. The van der Waals surface area contributed by atoms with Crippen LogP contribution in [0.2, 0.25) is 0 Å². The number of aromatic nitrogens is 3. The monoisotopic (exact) mass is 351 g/mol. The van der Waals surface area contributed by atoms with Gasteiger partial charge in [-0.1, -0.05) is 30.3 Å². The van der Waals surface area contributed by atoms with Crippen molar-refractivity contribution in [3.05, 3.63) is 65.5 Å². The summed E-state index contributed by atoms with van der Waals surface area (Å²) >= 11 is 1.50. The zero-order valence-electron chi connectivity index (χ0n) is 13.2. The fraction of sp³-hybridized carbons (Fsp3) is 0.111. The van der Waals surface area contributed by atoms with Crippen molar-refractivity contribution in [1.82, 2.24) is 15.2 Å². The average molecular weight is 351 g/mol. The van der Waals surface area contributed by atoms with Crippen LogP contribution in [0, 0.1) is 0 Å². The Bertz CT molecular complexity index is 1030. The molecule has 0 aliphatic heterocycles. The Morgan fingerprint density at radius 3 is 2.84 bits per heavy atom. The van der Waals surface area contributed by atoms with Crippen LogP contribution in [0.15, 0.2) is 58.3 Å². The van der Waals surface area contributed by atoms with Gasteiger partial charge in [-0.15, -0.1) is 21.5 Å². The van der Waals surface area contributed by atoms with Crippen LogP contribution in [0.5, 0.6) is 0 Å². The van der Waals surface area contributed by atoms with Crippen LogP contribution in [0.3, 0.4) is 0 Å². The summed E-state index contributed by atoms with van der Waals surface area (Å²) in [4.78, 5) is 17.5. The number of carbonyl (C=O) groups is 1. The SMILES string of the molecule is C[C@@H](OC(=O)c1ccc2ccccc2n1)c1nnc(-c2cccs2)o1. The highest BCUT2D eigenvalue weighted by Crippen LogP contribution is 2.26. The number of hydrogen-bond acceptors (Lipinski definition) is 7. The Balaban J connectivity index is 1.51. The molecule has 0 saturated heterocycles. The van der Waals surface area contributed by atoms with Gasteiger partial charge >= 0.3 is 5.97 Å². The van der Waals surface area contributed by atoms with Gasteiger partial charge in [0.15, 0.2) is 6.10 Å². The van der Waals surface area contributed by atoms with Crippen molar-refractivity contribution in [3.63, 3.8) is 0 Å². The highest BCUT2D eigenvalue weighted by molar-refractivity contribution is 7.13. The van der Waals surface area contributed by atoms with Crippen LogP contribution in [0.4, 0.5) is 0 Å². The molecule has 0 amide bonds. The molecule has 0 N–H and O–H groups in total. The summed E-state index contributed by atoms with van der Waals surface area (Å²) in [6.07, 6.45) is -0.665. The molecule has 0 bridgehead atoms. The van der Waals surface area contributed by atoms with E-state index >= 15 is 0 Å². The first kappa shape index (κ1) is 15.5. The smallest absolute Gasteiger partial charge is 0.357 e. The molecule has 124 valence electrons. The highest BCUT2D eigenvalue weighted by atomic mass is 32.1. The number of para-hydroxylation sites is 1. The highest BCUT2D eigenvalue weighted by Gasteiger charge is 2.21. The Morgan fingerprint density at radius 1 is 1.12 bits per heavy atom. The number of pyridine rings is 1. The third-order valence-corrected chi connectivity index (χ3v) is 4.47. The molecule has 0 spiro atoms. The van der Waals surface area contributed by atoms with Crippen LogP contribution in [-0.2, 0) is 4.74 Å². The van der Waals surface area contributed by atoms with Crippen LogP contribution in [0.25, 0.3) is 21.7 Å². The van der Waals surface area contributed by atoms with Gasteiger partial charge in [-0.2, -0.15) is 0 Å². The van der Waals surface area contributed by atoms with Crippen molar-refractivity contribution in [2.75, 3.05) is 0 Å². The predicted octanol–water partition coefficient (Wildman–Crippen LogP) is 4.26. The Hall–Kier alpha value is -3.06. The second-order valence-corrected chi connectivity index (χ2v) is 6.31. The molecule has 3 heterocycles. The van der Waals surface area contributed by atoms with Crippen molar-refractivity contribution < 1.29 is 13.9 Å². The lowest BCUT2D eigenvalue weighted by atomic mass is 10.2. The zero-order chi connectivity index (χ0) is 17.2. The van der Waals surface area contributed by atoms with Gasteiger partial charge in [0.1, 0.15) is 5.69 Å². The van der Waals surface area contributed by atoms with E-state index in [-0.39, 0.29) is 11.6 Å². The molecule has 0 unspecified atom stereocenters. The second kappa shape index (κ2) is 6.45. The number of esters is 1. The summed E-state index contributed by atoms with van der Waals surface area (Å²) in [7, 11) is 0. The molecule has 6 nitrogen and oxygen atoms in total. The summed E-state index contributed by atoms with van der Waals surface area (Å²) in [5.74, 6) is 0.128. The number of ether oxygens (including phenoxy) is 1. The topological polar surface area (TPSA) is 78.1 Å². The molecule has 0 fully saturated rings. The maximum Gasteiger partial charge on any atom is 0.357 e. The predicted molar refractivity (Wildman–Crippen MR) is 93.2 cm³/mol. The molecule has 4 aromatic rings. The third kappa shape index (κ3) is 3.14. The summed E-state index contributed by atoms with van der Waals surface area (Å²) < 4.78 is 11.0. The zero-order valence-corrected chi connectivity index (χ0v) is 14.1. The quantitative estimate of drug-likeness (QED) is 0.511. The molecule has 25 heavy (non-hydrogen) atoms. The lowest BCUT2D eigenvalue weighted by Crippen LogP contribution is -2.11. The second-order valence-electron chi connectivity index (χ2n) is 5.36. The van der Waals surface area contributed by atoms with E-state index in [2.05, 4.69) is 15.2 Å². The Kier molecular flexibility index (Phi) is 3.99. The standard InChI is InChI=1S/C18H13N3O3S/c1-11(16-20-21-17(24-16)15-7-4-10-25-15)23-18(22)14-9-8-12-5-2-3-6-13(12)19-14/h2-11H,1H3/t11-/m1/s1. The molecule has 0 aliphatic rings. The molecular weight excluding hydrogens is 338 g/mol. The van der Waals surface area contributed by atoms with Gasteiger partial charge in [0, 0.05) is 5.39 Å². The third-order valence-electron chi connectivity index (χ3n) is 3.61. The van der Waals surface area contributed by atoms with E-state index in [4.69, 9.17) is 9.15 Å². The number of thiophene rings is 1. The summed E-state index contributed by atoms with van der Waals surface area (Å²) in [5, 5.41) is 10.8. The molecule has 1 aromatic carbocycles. The van der Waals surface area contributed by atoms with Gasteiger partial charge in [-0.3, -0.25) is 0 Å². The van der Waals surface area contributed by atoms with Crippen LogP contribution >= 0.6 is 11.3 Å². The van der Waals surface area contributed by atoms with Crippen molar-refractivity contribution in [2.45, 2.75) is 13.0 Å². The van der Waals surface area contributed by atoms with E-state index in [0.717, 1.165) is 15.8 Å². The number of fused-ring (bicyclic) bond motifs is 1. The number of hydrogen-bond donors (Lipinski definition) is 0. The minimum absolute atomic E-state index is 0.239. The minimum Gasteiger partial charge on any atom is -0.448 e. The number of rotatable bonds is 4. The first-order valence-electron chi connectivity index (χ1n) is 7.65. The summed E-state index contributed by atoms with van der Waals surface area (Å²) in [5.41, 5.74) is 0.978. The molecule has 4 rings (SSSR count). The van der Waals surface area contributed by atoms with Gasteiger partial charge in [-0.05, 0) is 30.5 Å².